The maximum Gasteiger partial charge on any atom is 0.0879 e. The molecule has 0 bridgehead atoms. The largest absolute Gasteiger partial charge is 0.306 e. The van der Waals surface area contributed by atoms with Crippen LogP contribution in [0.3, 0.4) is 0 Å². The highest BCUT2D eigenvalue weighted by Gasteiger charge is 2.13. The summed E-state index contributed by atoms with van der Waals surface area (Å²) < 4.78 is 2.12. The number of rotatable bonds is 1. The molecule has 0 amide bonds. The van der Waals surface area contributed by atoms with E-state index in [1.807, 2.05) is 60.7 Å². The van der Waals surface area contributed by atoms with Gasteiger partial charge in [0, 0.05) is 10.7 Å². The summed E-state index contributed by atoms with van der Waals surface area (Å²) >= 11 is 6.01. The molecule has 4 rings (SSSR count). The van der Waals surface area contributed by atoms with Crippen molar-refractivity contribution in [3.63, 3.8) is 0 Å². The quantitative estimate of drug-likeness (QED) is 0.501. The Morgan fingerprint density at radius 2 is 1.65 bits per heavy atom. The molecule has 0 unspecified atom stereocenters. The topological polar surface area (TPSA) is 41.7 Å². The predicted molar refractivity (Wildman–Crippen MR) is 95.8 cm³/mol. The van der Waals surface area contributed by atoms with Gasteiger partial charge in [0.05, 0.1) is 27.8 Å². The predicted octanol–water partition coefficient (Wildman–Crippen LogP) is 4.68. The van der Waals surface area contributed by atoms with Crippen LogP contribution < -0.4 is 5.36 Å². The molecule has 3 nitrogen and oxygen atoms in total. The lowest BCUT2D eigenvalue weighted by molar-refractivity contribution is 1.07. The lowest BCUT2D eigenvalue weighted by Gasteiger charge is -2.18. The van der Waals surface area contributed by atoms with E-state index in [1.54, 1.807) is 6.07 Å². The zero-order chi connectivity index (χ0) is 15.1. The number of aromatic nitrogens is 2. The SMILES string of the molecule is Cl.N=c1ccc2nc3ccccc3n(-c3ccc(Cl)cc3)c-2c1. The van der Waals surface area contributed by atoms with Crippen molar-refractivity contribution in [3.05, 3.63) is 77.1 Å². The summed E-state index contributed by atoms with van der Waals surface area (Å²) in [6.07, 6.45) is 0. The molecule has 0 fully saturated rings. The molecule has 0 saturated heterocycles. The fourth-order valence-electron chi connectivity index (χ4n) is 2.67. The van der Waals surface area contributed by atoms with Crippen molar-refractivity contribution in [1.82, 2.24) is 9.55 Å². The van der Waals surface area contributed by atoms with Gasteiger partial charge in [0.1, 0.15) is 0 Å². The number of nitrogens with one attached hydrogen (secondary N) is 1. The summed E-state index contributed by atoms with van der Waals surface area (Å²) in [6, 6.07) is 21.2. The summed E-state index contributed by atoms with van der Waals surface area (Å²) in [5.41, 5.74) is 4.70. The molecule has 2 aromatic rings. The monoisotopic (exact) mass is 341 g/mol. The zero-order valence-corrected chi connectivity index (χ0v) is 13.6. The van der Waals surface area contributed by atoms with Crippen LogP contribution in [-0.2, 0) is 0 Å². The third-order valence-electron chi connectivity index (χ3n) is 3.66. The second kappa shape index (κ2) is 6.03. The minimum Gasteiger partial charge on any atom is -0.306 e. The van der Waals surface area contributed by atoms with E-state index in [1.165, 1.54) is 0 Å². The fourth-order valence-corrected chi connectivity index (χ4v) is 2.80. The standard InChI is InChI=1S/C18H12ClN3.ClH/c19-12-5-8-14(9-6-12)22-17-4-2-1-3-15(17)21-16-10-7-13(20)11-18(16)22;/h1-11,20H;1H. The van der Waals surface area contributed by atoms with Crippen LogP contribution >= 0.6 is 24.0 Å². The van der Waals surface area contributed by atoms with Crippen molar-refractivity contribution < 1.29 is 0 Å². The Labute approximate surface area is 144 Å². The summed E-state index contributed by atoms with van der Waals surface area (Å²) in [5, 5.41) is 9.08. The molecule has 0 atom stereocenters. The number of hydrogen-bond acceptors (Lipinski definition) is 2. The number of benzene rings is 3. The first kappa shape index (κ1) is 15.5. The second-order valence-electron chi connectivity index (χ2n) is 5.12. The molecular weight excluding hydrogens is 329 g/mol. The van der Waals surface area contributed by atoms with Crippen molar-refractivity contribution in [2.24, 2.45) is 0 Å². The molecule has 23 heavy (non-hydrogen) atoms. The average Bonchev–Trinajstić information content (AvgIpc) is 2.54. The van der Waals surface area contributed by atoms with Gasteiger partial charge in [0.15, 0.2) is 0 Å². The summed E-state index contributed by atoms with van der Waals surface area (Å²) in [6.45, 7) is 0. The van der Waals surface area contributed by atoms with Gasteiger partial charge in [-0.05, 0) is 54.6 Å². The molecule has 2 aliphatic rings. The van der Waals surface area contributed by atoms with E-state index < -0.39 is 0 Å². The number of hydrogen-bond donors (Lipinski definition) is 1. The van der Waals surface area contributed by atoms with Gasteiger partial charge in [-0.25, -0.2) is 4.98 Å². The van der Waals surface area contributed by atoms with E-state index in [2.05, 4.69) is 4.57 Å². The van der Waals surface area contributed by atoms with Crippen molar-refractivity contribution in [2.45, 2.75) is 0 Å². The Morgan fingerprint density at radius 3 is 2.43 bits per heavy atom. The Balaban J connectivity index is 0.00000156. The highest BCUT2D eigenvalue weighted by molar-refractivity contribution is 6.30. The smallest absolute Gasteiger partial charge is 0.0879 e. The molecule has 0 aromatic heterocycles. The van der Waals surface area contributed by atoms with Crippen LogP contribution in [0.1, 0.15) is 0 Å². The minimum absolute atomic E-state index is 0. The Hall–Kier alpha value is -2.36. The lowest BCUT2D eigenvalue weighted by atomic mass is 10.1. The Kier molecular flexibility index (Phi) is 4.07. The van der Waals surface area contributed by atoms with E-state index in [9.17, 15) is 0 Å². The molecule has 0 spiro atoms. The molecule has 5 heteroatoms. The van der Waals surface area contributed by atoms with E-state index in [0.717, 1.165) is 28.1 Å². The van der Waals surface area contributed by atoms with E-state index in [4.69, 9.17) is 22.0 Å². The van der Waals surface area contributed by atoms with Crippen molar-refractivity contribution in [2.75, 3.05) is 0 Å². The van der Waals surface area contributed by atoms with Crippen LogP contribution in [0.5, 0.6) is 0 Å². The Morgan fingerprint density at radius 1 is 0.913 bits per heavy atom. The van der Waals surface area contributed by atoms with Gasteiger partial charge < -0.3 is 9.98 Å². The molecule has 2 aromatic carbocycles. The molecule has 0 radical (unpaired) electrons. The van der Waals surface area contributed by atoms with Gasteiger partial charge in [0.2, 0.25) is 0 Å². The maximum absolute atomic E-state index is 7.92. The normalized spacial score (nSPS) is 10.7. The number of para-hydroxylation sites is 2. The number of halogens is 2. The minimum atomic E-state index is 0. The summed E-state index contributed by atoms with van der Waals surface area (Å²) in [5.74, 6) is 0. The first-order valence-corrected chi connectivity index (χ1v) is 7.32. The molecule has 0 saturated carbocycles. The van der Waals surface area contributed by atoms with Crippen LogP contribution in [0.4, 0.5) is 0 Å². The van der Waals surface area contributed by atoms with Crippen LogP contribution in [0.2, 0.25) is 5.02 Å². The molecule has 1 heterocycles. The summed E-state index contributed by atoms with van der Waals surface area (Å²) in [7, 11) is 0. The zero-order valence-electron chi connectivity index (χ0n) is 12.0. The molecule has 1 aliphatic carbocycles. The molecule has 1 N–H and O–H groups in total. The summed E-state index contributed by atoms with van der Waals surface area (Å²) in [4.78, 5) is 4.69. The van der Waals surface area contributed by atoms with Gasteiger partial charge in [-0.1, -0.05) is 23.7 Å². The van der Waals surface area contributed by atoms with Gasteiger partial charge in [-0.3, -0.25) is 0 Å². The van der Waals surface area contributed by atoms with Gasteiger partial charge in [-0.15, -0.1) is 12.4 Å². The molecule has 1 aliphatic heterocycles. The first-order chi connectivity index (χ1) is 10.7. The van der Waals surface area contributed by atoms with Crippen LogP contribution in [0.25, 0.3) is 28.1 Å². The van der Waals surface area contributed by atoms with Gasteiger partial charge in [0.25, 0.3) is 0 Å². The van der Waals surface area contributed by atoms with Crippen molar-refractivity contribution in [3.8, 4) is 17.1 Å². The Bertz CT molecular complexity index is 1010. The first-order valence-electron chi connectivity index (χ1n) is 6.94. The lowest BCUT2D eigenvalue weighted by Crippen LogP contribution is -2.09. The fraction of sp³-hybridized carbons (Fsp3) is 0. The maximum atomic E-state index is 7.92. The van der Waals surface area contributed by atoms with Crippen LogP contribution in [0.15, 0.2) is 66.7 Å². The highest BCUT2D eigenvalue weighted by Crippen LogP contribution is 2.28. The van der Waals surface area contributed by atoms with Crippen molar-refractivity contribution in [1.29, 1.82) is 5.41 Å². The van der Waals surface area contributed by atoms with Gasteiger partial charge >= 0.3 is 0 Å². The third-order valence-corrected chi connectivity index (χ3v) is 3.92. The van der Waals surface area contributed by atoms with Crippen LogP contribution in [0, 0.1) is 5.41 Å². The number of nitrogens with zero attached hydrogens (tertiary/aromatic N) is 2. The second-order valence-corrected chi connectivity index (χ2v) is 5.55. The average molecular weight is 342 g/mol. The van der Waals surface area contributed by atoms with Gasteiger partial charge in [-0.2, -0.15) is 0 Å². The molecule has 114 valence electrons. The van der Waals surface area contributed by atoms with Crippen LogP contribution in [-0.4, -0.2) is 9.55 Å². The number of fused-ring (bicyclic) bond motifs is 2. The molecular formula is C18H13Cl2N3. The van der Waals surface area contributed by atoms with E-state index in [-0.39, 0.29) is 12.4 Å². The van der Waals surface area contributed by atoms with E-state index in [0.29, 0.717) is 10.4 Å². The third kappa shape index (κ3) is 2.69. The van der Waals surface area contributed by atoms with E-state index >= 15 is 0 Å². The highest BCUT2D eigenvalue weighted by atomic mass is 35.5. The van der Waals surface area contributed by atoms with Crippen molar-refractivity contribution >= 4 is 35.0 Å².